The molecule has 1 aliphatic heterocycles. The van der Waals surface area contributed by atoms with E-state index in [0.717, 1.165) is 5.30 Å². The number of rotatable bonds is 2. The van der Waals surface area contributed by atoms with Crippen molar-refractivity contribution in [3.63, 3.8) is 0 Å². The maximum absolute atomic E-state index is 13.2. The molecule has 0 spiro atoms. The van der Waals surface area contributed by atoms with Crippen LogP contribution in [0.4, 0.5) is 0 Å². The van der Waals surface area contributed by atoms with Crippen molar-refractivity contribution >= 4 is 12.4 Å². The zero-order chi connectivity index (χ0) is 12.7. The fourth-order valence-corrected chi connectivity index (χ4v) is 6.99. The molecule has 17 heavy (non-hydrogen) atoms. The summed E-state index contributed by atoms with van der Waals surface area (Å²) in [7, 11) is 1.24. The zero-order valence-electron chi connectivity index (χ0n) is 10.6. The van der Waals surface area contributed by atoms with Crippen LogP contribution in [0, 0.1) is 0 Å². The van der Waals surface area contributed by atoms with Crippen molar-refractivity contribution in [3.8, 4) is 0 Å². The Morgan fingerprint density at radius 2 is 1.94 bits per heavy atom. The first-order valence-electron chi connectivity index (χ1n) is 5.91. The smallest absolute Gasteiger partial charge is 0.134 e. The van der Waals surface area contributed by atoms with E-state index in [0.29, 0.717) is 12.6 Å². The van der Waals surface area contributed by atoms with E-state index in [9.17, 15) is 9.67 Å². The number of nitrogens with zero attached hydrogens (tertiary/aromatic N) is 1. The van der Waals surface area contributed by atoms with E-state index in [1.165, 1.54) is 0 Å². The summed E-state index contributed by atoms with van der Waals surface area (Å²) in [5, 5.41) is 11.3. The molecule has 0 bridgehead atoms. The van der Waals surface area contributed by atoms with E-state index in [-0.39, 0.29) is 5.78 Å². The standard InChI is InChI=1S/C13H20NO2P/c1-13(15)9-10-17(16,12(13)14(2)3)11-7-5-4-6-8-11/h4-8,12,15H,9-10H2,1-3H3. The Balaban J connectivity index is 2.48. The summed E-state index contributed by atoms with van der Waals surface area (Å²) in [6.07, 6.45) is 1.19. The van der Waals surface area contributed by atoms with E-state index in [4.69, 9.17) is 0 Å². The minimum absolute atomic E-state index is 0.280. The Morgan fingerprint density at radius 1 is 1.35 bits per heavy atom. The zero-order valence-corrected chi connectivity index (χ0v) is 11.5. The Morgan fingerprint density at radius 3 is 2.47 bits per heavy atom. The Kier molecular flexibility index (Phi) is 3.19. The second-order valence-electron chi connectivity index (χ2n) is 5.30. The van der Waals surface area contributed by atoms with Gasteiger partial charge in [0.1, 0.15) is 7.14 Å². The third-order valence-electron chi connectivity index (χ3n) is 3.58. The monoisotopic (exact) mass is 253 g/mol. The first kappa shape index (κ1) is 12.8. The molecule has 0 saturated carbocycles. The third-order valence-corrected chi connectivity index (χ3v) is 7.45. The van der Waals surface area contributed by atoms with Crippen LogP contribution in [-0.4, -0.2) is 41.6 Å². The van der Waals surface area contributed by atoms with E-state index < -0.39 is 12.7 Å². The van der Waals surface area contributed by atoms with E-state index in [2.05, 4.69) is 0 Å². The van der Waals surface area contributed by atoms with Crippen LogP contribution in [0.15, 0.2) is 30.3 Å². The first-order valence-corrected chi connectivity index (χ1v) is 7.87. The molecule has 1 aromatic carbocycles. The van der Waals surface area contributed by atoms with Gasteiger partial charge < -0.3 is 9.67 Å². The summed E-state index contributed by atoms with van der Waals surface area (Å²) in [6, 6.07) is 9.58. The first-order chi connectivity index (χ1) is 7.88. The normalized spacial score (nSPS) is 37.6. The Labute approximate surface area is 103 Å². The summed E-state index contributed by atoms with van der Waals surface area (Å²) in [5.74, 6) is -0.280. The molecule has 1 saturated heterocycles. The minimum atomic E-state index is -2.53. The van der Waals surface area contributed by atoms with Gasteiger partial charge in [0.05, 0.1) is 11.4 Å². The van der Waals surface area contributed by atoms with Crippen molar-refractivity contribution < 1.29 is 9.67 Å². The average molecular weight is 253 g/mol. The SMILES string of the molecule is CN(C)C1C(C)(O)CCP1(=O)c1ccccc1. The molecule has 0 aromatic heterocycles. The molecule has 3 atom stereocenters. The van der Waals surface area contributed by atoms with E-state index in [1.807, 2.05) is 49.3 Å². The molecular weight excluding hydrogens is 233 g/mol. The van der Waals surface area contributed by atoms with Crippen molar-refractivity contribution in [2.45, 2.75) is 24.7 Å². The molecule has 1 heterocycles. The maximum atomic E-state index is 13.2. The summed E-state index contributed by atoms with van der Waals surface area (Å²) >= 11 is 0. The van der Waals surface area contributed by atoms with Crippen molar-refractivity contribution in [1.29, 1.82) is 0 Å². The van der Waals surface area contributed by atoms with Gasteiger partial charge in [0.25, 0.3) is 0 Å². The number of likely N-dealkylation sites (N-methyl/N-ethyl adjacent to an activating group) is 1. The molecule has 94 valence electrons. The van der Waals surface area contributed by atoms with Crippen LogP contribution in [0.1, 0.15) is 13.3 Å². The Hall–Kier alpha value is -0.630. The molecule has 2 rings (SSSR count). The van der Waals surface area contributed by atoms with Gasteiger partial charge in [0, 0.05) is 11.5 Å². The number of hydrogen-bond donors (Lipinski definition) is 1. The predicted molar refractivity (Wildman–Crippen MR) is 71.3 cm³/mol. The molecule has 0 radical (unpaired) electrons. The van der Waals surface area contributed by atoms with Crippen LogP contribution in [0.5, 0.6) is 0 Å². The summed E-state index contributed by atoms with van der Waals surface area (Å²) in [6.45, 7) is 1.79. The highest BCUT2D eigenvalue weighted by Gasteiger charge is 2.53. The van der Waals surface area contributed by atoms with Crippen molar-refractivity contribution in [2.24, 2.45) is 0 Å². The van der Waals surface area contributed by atoms with Gasteiger partial charge >= 0.3 is 0 Å². The van der Waals surface area contributed by atoms with Crippen LogP contribution in [0.3, 0.4) is 0 Å². The van der Waals surface area contributed by atoms with Crippen LogP contribution >= 0.6 is 7.14 Å². The number of benzene rings is 1. The molecule has 1 N–H and O–H groups in total. The molecule has 3 nitrogen and oxygen atoms in total. The van der Waals surface area contributed by atoms with Crippen molar-refractivity contribution in [1.82, 2.24) is 4.90 Å². The fraction of sp³-hybridized carbons (Fsp3) is 0.538. The molecule has 0 amide bonds. The van der Waals surface area contributed by atoms with Crippen molar-refractivity contribution in [3.05, 3.63) is 30.3 Å². The highest BCUT2D eigenvalue weighted by molar-refractivity contribution is 7.72. The topological polar surface area (TPSA) is 40.5 Å². The van der Waals surface area contributed by atoms with E-state index >= 15 is 0 Å². The lowest BCUT2D eigenvalue weighted by atomic mass is 10.0. The minimum Gasteiger partial charge on any atom is -0.388 e. The fourth-order valence-electron chi connectivity index (χ4n) is 2.97. The lowest BCUT2D eigenvalue weighted by molar-refractivity contribution is 0.0222. The van der Waals surface area contributed by atoms with Crippen molar-refractivity contribution in [2.75, 3.05) is 20.3 Å². The molecule has 1 aliphatic rings. The van der Waals surface area contributed by atoms with Gasteiger partial charge in [0.15, 0.2) is 0 Å². The molecule has 4 heteroatoms. The lowest BCUT2D eigenvalue weighted by Crippen LogP contribution is -2.44. The summed E-state index contributed by atoms with van der Waals surface area (Å²) in [5.41, 5.74) is -0.866. The van der Waals surface area contributed by atoms with Gasteiger partial charge in [0.2, 0.25) is 0 Å². The quantitative estimate of drug-likeness (QED) is 0.816. The van der Waals surface area contributed by atoms with Gasteiger partial charge in [-0.15, -0.1) is 0 Å². The third kappa shape index (κ3) is 2.08. The van der Waals surface area contributed by atoms with Gasteiger partial charge in [-0.2, -0.15) is 0 Å². The number of aliphatic hydroxyl groups is 1. The van der Waals surface area contributed by atoms with Crippen LogP contribution in [0.2, 0.25) is 0 Å². The maximum Gasteiger partial charge on any atom is 0.134 e. The Bertz CT molecular complexity index is 442. The molecule has 1 aromatic rings. The highest BCUT2D eigenvalue weighted by atomic mass is 31.2. The second kappa shape index (κ2) is 4.24. The van der Waals surface area contributed by atoms with Gasteiger partial charge in [-0.3, -0.25) is 4.90 Å². The van der Waals surface area contributed by atoms with Crippen LogP contribution in [0.25, 0.3) is 0 Å². The molecule has 1 fully saturated rings. The number of hydrogen-bond acceptors (Lipinski definition) is 3. The molecule has 0 aliphatic carbocycles. The highest BCUT2D eigenvalue weighted by Crippen LogP contribution is 2.60. The van der Waals surface area contributed by atoms with Gasteiger partial charge in [-0.1, -0.05) is 30.3 Å². The van der Waals surface area contributed by atoms with Crippen LogP contribution in [-0.2, 0) is 4.57 Å². The average Bonchev–Trinajstić information content (AvgIpc) is 2.52. The van der Waals surface area contributed by atoms with Gasteiger partial charge in [-0.25, -0.2) is 0 Å². The van der Waals surface area contributed by atoms with E-state index in [1.54, 1.807) is 6.92 Å². The molecule has 3 unspecified atom stereocenters. The summed E-state index contributed by atoms with van der Waals surface area (Å²) < 4.78 is 13.2. The van der Waals surface area contributed by atoms with Crippen LogP contribution < -0.4 is 5.30 Å². The summed E-state index contributed by atoms with van der Waals surface area (Å²) in [4.78, 5) is 1.90. The second-order valence-corrected chi connectivity index (χ2v) is 8.34. The van der Waals surface area contributed by atoms with Gasteiger partial charge in [-0.05, 0) is 27.4 Å². The molecular formula is C13H20NO2P. The largest absolute Gasteiger partial charge is 0.388 e. The predicted octanol–water partition coefficient (Wildman–Crippen LogP) is 1.72. The lowest BCUT2D eigenvalue weighted by Gasteiger charge is -2.34.